The highest BCUT2D eigenvalue weighted by Crippen LogP contribution is 2.26. The Bertz CT molecular complexity index is 1140. The van der Waals surface area contributed by atoms with Gasteiger partial charge < -0.3 is 5.32 Å². The molecule has 1 aromatic carbocycles. The Morgan fingerprint density at radius 1 is 1.19 bits per heavy atom. The van der Waals surface area contributed by atoms with Gasteiger partial charge in [-0.2, -0.15) is 9.78 Å². The molecule has 0 aliphatic heterocycles. The number of nitrogens with zero attached hydrogens (tertiary/aromatic N) is 3. The number of hydrogen-bond acceptors (Lipinski definition) is 4. The molecule has 31 heavy (non-hydrogen) atoms. The Hall–Kier alpha value is -3.42. The zero-order valence-electron chi connectivity index (χ0n) is 18.2. The molecule has 8 nitrogen and oxygen atoms in total. The molecule has 0 atom stereocenters. The Balaban J connectivity index is 1.55. The first kappa shape index (κ1) is 20.8. The second kappa shape index (κ2) is 8.37. The average molecular weight is 421 g/mol. The Morgan fingerprint density at radius 2 is 1.97 bits per heavy atom. The summed E-state index contributed by atoms with van der Waals surface area (Å²) >= 11 is 0. The second-order valence-electron chi connectivity index (χ2n) is 8.86. The quantitative estimate of drug-likeness (QED) is 0.590. The molecule has 0 bridgehead atoms. The number of rotatable bonds is 5. The summed E-state index contributed by atoms with van der Waals surface area (Å²) in [5.41, 5.74) is 3.13. The van der Waals surface area contributed by atoms with E-state index in [0.717, 1.165) is 48.2 Å². The lowest BCUT2D eigenvalue weighted by atomic mass is 9.92. The first-order valence-corrected chi connectivity index (χ1v) is 10.6. The zero-order chi connectivity index (χ0) is 22.0. The highest BCUT2D eigenvalue weighted by molar-refractivity contribution is 5.88. The topological polar surface area (TPSA) is 105 Å². The minimum absolute atomic E-state index is 0.136. The van der Waals surface area contributed by atoms with Gasteiger partial charge in [0.1, 0.15) is 5.82 Å². The summed E-state index contributed by atoms with van der Waals surface area (Å²) < 4.78 is 1.51. The molecule has 2 aromatic heterocycles. The predicted molar refractivity (Wildman–Crippen MR) is 120 cm³/mol. The molecule has 0 radical (unpaired) electrons. The van der Waals surface area contributed by atoms with Crippen molar-refractivity contribution in [3.05, 3.63) is 69.3 Å². The maximum atomic E-state index is 12.5. The number of benzene rings is 1. The molecule has 2 heterocycles. The van der Waals surface area contributed by atoms with E-state index in [4.69, 9.17) is 0 Å². The van der Waals surface area contributed by atoms with Crippen LogP contribution >= 0.6 is 0 Å². The van der Waals surface area contributed by atoms with Gasteiger partial charge in [0, 0.05) is 23.6 Å². The molecule has 1 aliphatic rings. The van der Waals surface area contributed by atoms with Crippen LogP contribution in [0, 0.1) is 0 Å². The van der Waals surface area contributed by atoms with Gasteiger partial charge in [0.25, 0.3) is 5.56 Å². The molecule has 3 N–H and O–H groups in total. The summed E-state index contributed by atoms with van der Waals surface area (Å²) in [6.07, 6.45) is 3.19. The van der Waals surface area contributed by atoms with Crippen LogP contribution in [-0.2, 0) is 24.7 Å². The standard InChI is InChI=1S/C23H28N6O2/c1-23(2,3)18-14-19(26-22(31)24-13-12-15-8-5-4-6-9-15)29(28-18)21-25-17-11-7-10-16(17)20(30)27-21/h4-6,8-9,14H,7,10-13H2,1-3H3,(H2,24,26,31)(H,25,27,30). The van der Waals surface area contributed by atoms with Crippen molar-refractivity contribution in [1.29, 1.82) is 0 Å². The lowest BCUT2D eigenvalue weighted by Gasteiger charge is -2.14. The van der Waals surface area contributed by atoms with Crippen molar-refractivity contribution >= 4 is 11.8 Å². The third kappa shape index (κ3) is 4.68. The number of anilines is 1. The molecule has 0 saturated heterocycles. The summed E-state index contributed by atoms with van der Waals surface area (Å²) in [6, 6.07) is 11.5. The molecule has 3 aromatic rings. The van der Waals surface area contributed by atoms with Crippen molar-refractivity contribution in [2.75, 3.05) is 11.9 Å². The molecule has 8 heteroatoms. The van der Waals surface area contributed by atoms with Crippen molar-refractivity contribution in [3.63, 3.8) is 0 Å². The molecule has 2 amide bonds. The minimum atomic E-state index is -0.332. The highest BCUT2D eigenvalue weighted by atomic mass is 16.2. The monoisotopic (exact) mass is 420 g/mol. The van der Waals surface area contributed by atoms with E-state index in [-0.39, 0.29) is 17.0 Å². The lowest BCUT2D eigenvalue weighted by Crippen LogP contribution is -2.31. The van der Waals surface area contributed by atoms with Crippen LogP contribution < -0.4 is 16.2 Å². The number of aromatic amines is 1. The van der Waals surface area contributed by atoms with Crippen LogP contribution in [-0.4, -0.2) is 32.3 Å². The summed E-state index contributed by atoms with van der Waals surface area (Å²) in [5.74, 6) is 0.781. The van der Waals surface area contributed by atoms with Crippen molar-refractivity contribution < 1.29 is 4.79 Å². The van der Waals surface area contributed by atoms with Gasteiger partial charge in [-0.05, 0) is 31.2 Å². The number of H-pyrrole nitrogens is 1. The summed E-state index contributed by atoms with van der Waals surface area (Å²) in [7, 11) is 0. The van der Waals surface area contributed by atoms with Crippen LogP contribution in [0.4, 0.5) is 10.6 Å². The number of nitrogens with one attached hydrogen (secondary N) is 3. The molecule has 1 aliphatic carbocycles. The number of aromatic nitrogens is 4. The lowest BCUT2D eigenvalue weighted by molar-refractivity contribution is 0.252. The van der Waals surface area contributed by atoms with Crippen LogP contribution in [0.1, 0.15) is 49.7 Å². The van der Waals surface area contributed by atoms with Crippen LogP contribution in [0.3, 0.4) is 0 Å². The zero-order valence-corrected chi connectivity index (χ0v) is 18.2. The Labute approximate surface area is 181 Å². The number of fused-ring (bicyclic) bond motifs is 1. The van der Waals surface area contributed by atoms with E-state index in [2.05, 4.69) is 25.7 Å². The van der Waals surface area contributed by atoms with Gasteiger partial charge in [-0.15, -0.1) is 0 Å². The molecule has 162 valence electrons. The maximum absolute atomic E-state index is 12.5. The van der Waals surface area contributed by atoms with Gasteiger partial charge >= 0.3 is 6.03 Å². The second-order valence-corrected chi connectivity index (χ2v) is 8.86. The molecule has 0 spiro atoms. The number of amides is 2. The van der Waals surface area contributed by atoms with E-state index in [0.29, 0.717) is 18.3 Å². The number of aryl methyl sites for hydroxylation is 1. The number of urea groups is 1. The summed E-state index contributed by atoms with van der Waals surface area (Å²) in [5, 5.41) is 10.4. The van der Waals surface area contributed by atoms with Gasteiger partial charge in [-0.1, -0.05) is 51.1 Å². The number of carbonyl (C=O) groups excluding carboxylic acids is 1. The van der Waals surface area contributed by atoms with Crippen molar-refractivity contribution in [2.24, 2.45) is 0 Å². The average Bonchev–Trinajstić information content (AvgIpc) is 3.36. The van der Waals surface area contributed by atoms with Crippen molar-refractivity contribution in [1.82, 2.24) is 25.1 Å². The van der Waals surface area contributed by atoms with Crippen LogP contribution in [0.5, 0.6) is 0 Å². The van der Waals surface area contributed by atoms with Crippen molar-refractivity contribution in [3.8, 4) is 5.95 Å². The first-order valence-electron chi connectivity index (χ1n) is 10.6. The molecule has 0 unspecified atom stereocenters. The first-order chi connectivity index (χ1) is 14.8. The molecule has 0 fully saturated rings. The fourth-order valence-electron chi connectivity index (χ4n) is 3.65. The third-order valence-corrected chi connectivity index (χ3v) is 5.39. The summed E-state index contributed by atoms with van der Waals surface area (Å²) in [6.45, 7) is 6.64. The minimum Gasteiger partial charge on any atom is -0.337 e. The van der Waals surface area contributed by atoms with Crippen LogP contribution in [0.25, 0.3) is 5.95 Å². The Kier molecular flexibility index (Phi) is 5.63. The van der Waals surface area contributed by atoms with E-state index in [1.54, 1.807) is 0 Å². The van der Waals surface area contributed by atoms with E-state index in [1.165, 1.54) is 4.68 Å². The van der Waals surface area contributed by atoms with Gasteiger partial charge in [-0.25, -0.2) is 9.78 Å². The van der Waals surface area contributed by atoms with E-state index in [1.807, 2.05) is 57.2 Å². The van der Waals surface area contributed by atoms with Gasteiger partial charge in [0.2, 0.25) is 5.95 Å². The van der Waals surface area contributed by atoms with Gasteiger partial charge in [-0.3, -0.25) is 15.1 Å². The van der Waals surface area contributed by atoms with Crippen molar-refractivity contribution in [2.45, 2.75) is 51.9 Å². The number of hydrogen-bond donors (Lipinski definition) is 3. The van der Waals surface area contributed by atoms with E-state index in [9.17, 15) is 9.59 Å². The van der Waals surface area contributed by atoms with Gasteiger partial charge in [0.05, 0.1) is 11.4 Å². The number of carbonyl (C=O) groups is 1. The SMILES string of the molecule is CC(C)(C)c1cc(NC(=O)NCCc2ccccc2)n(-c2nc3c(c(=O)[nH]2)CCC3)n1. The normalized spacial score (nSPS) is 13.1. The van der Waals surface area contributed by atoms with E-state index < -0.39 is 0 Å². The van der Waals surface area contributed by atoms with Crippen LogP contribution in [0.2, 0.25) is 0 Å². The van der Waals surface area contributed by atoms with E-state index >= 15 is 0 Å². The molecule has 4 rings (SSSR count). The fourth-order valence-corrected chi connectivity index (χ4v) is 3.65. The molecular formula is C23H28N6O2. The van der Waals surface area contributed by atoms with Gasteiger partial charge in [0.15, 0.2) is 0 Å². The maximum Gasteiger partial charge on any atom is 0.320 e. The molecular weight excluding hydrogens is 392 g/mol. The smallest absolute Gasteiger partial charge is 0.320 e. The highest BCUT2D eigenvalue weighted by Gasteiger charge is 2.24. The Morgan fingerprint density at radius 3 is 2.71 bits per heavy atom. The third-order valence-electron chi connectivity index (χ3n) is 5.39. The fraction of sp³-hybridized carbons (Fsp3) is 0.391. The van der Waals surface area contributed by atoms with Crippen LogP contribution in [0.15, 0.2) is 41.2 Å². The largest absolute Gasteiger partial charge is 0.337 e. The predicted octanol–water partition coefficient (Wildman–Crippen LogP) is 3.11. The summed E-state index contributed by atoms with van der Waals surface area (Å²) in [4.78, 5) is 32.5. The molecule has 0 saturated carbocycles.